The van der Waals surface area contributed by atoms with Crippen LogP contribution in [0.5, 0.6) is 0 Å². The summed E-state index contributed by atoms with van der Waals surface area (Å²) in [5.74, 6) is 1.87. The highest BCUT2D eigenvalue weighted by Gasteiger charge is 2.22. The van der Waals surface area contributed by atoms with Gasteiger partial charge < -0.3 is 15.4 Å². The zero-order chi connectivity index (χ0) is 11.6. The molecular formula is C13H28N2O. The highest BCUT2D eigenvalue weighted by atomic mass is 16.5. The lowest BCUT2D eigenvalue weighted by atomic mass is 9.98. The highest BCUT2D eigenvalue weighted by molar-refractivity contribution is 4.75. The molecule has 1 aliphatic rings. The molecule has 0 bridgehead atoms. The summed E-state index contributed by atoms with van der Waals surface area (Å²) in [5.41, 5.74) is 0. The maximum absolute atomic E-state index is 4.97. The second-order valence-electron chi connectivity index (χ2n) is 4.97. The van der Waals surface area contributed by atoms with Gasteiger partial charge in [0.15, 0.2) is 0 Å². The molecule has 0 aliphatic heterocycles. The summed E-state index contributed by atoms with van der Waals surface area (Å²) in [6, 6.07) is 0. The van der Waals surface area contributed by atoms with E-state index >= 15 is 0 Å². The monoisotopic (exact) mass is 228 g/mol. The smallest absolute Gasteiger partial charge is 0.0587 e. The van der Waals surface area contributed by atoms with E-state index in [9.17, 15) is 0 Å². The van der Waals surface area contributed by atoms with Crippen LogP contribution in [0.2, 0.25) is 0 Å². The fraction of sp³-hybridized carbons (Fsp3) is 1.00. The summed E-state index contributed by atoms with van der Waals surface area (Å²) in [5, 5.41) is 6.94. The summed E-state index contributed by atoms with van der Waals surface area (Å²) in [4.78, 5) is 0. The van der Waals surface area contributed by atoms with Crippen molar-refractivity contribution in [2.45, 2.75) is 32.6 Å². The maximum Gasteiger partial charge on any atom is 0.0587 e. The third kappa shape index (κ3) is 5.83. The minimum atomic E-state index is 0.813. The van der Waals surface area contributed by atoms with Crippen LogP contribution >= 0.6 is 0 Å². The van der Waals surface area contributed by atoms with Crippen LogP contribution in [0.1, 0.15) is 32.6 Å². The molecule has 0 amide bonds. The molecule has 1 rings (SSSR count). The molecular weight excluding hydrogens is 200 g/mol. The summed E-state index contributed by atoms with van der Waals surface area (Å²) >= 11 is 0. The van der Waals surface area contributed by atoms with Crippen molar-refractivity contribution >= 4 is 0 Å². The molecule has 1 aliphatic carbocycles. The zero-order valence-electron chi connectivity index (χ0n) is 10.9. The van der Waals surface area contributed by atoms with E-state index in [0.717, 1.165) is 38.1 Å². The molecule has 0 aromatic heterocycles. The van der Waals surface area contributed by atoms with Gasteiger partial charge in [-0.25, -0.2) is 0 Å². The van der Waals surface area contributed by atoms with E-state index in [0.29, 0.717) is 0 Å². The zero-order valence-corrected chi connectivity index (χ0v) is 10.9. The van der Waals surface area contributed by atoms with Crippen LogP contribution in [0, 0.1) is 11.8 Å². The van der Waals surface area contributed by atoms with E-state index in [1.807, 2.05) is 0 Å². The SMILES string of the molecule is COCCNCCCNCC1CCCC1C. The summed E-state index contributed by atoms with van der Waals surface area (Å²) < 4.78 is 4.97. The largest absolute Gasteiger partial charge is 0.383 e. The Bertz CT molecular complexity index is 164. The molecule has 2 atom stereocenters. The van der Waals surface area contributed by atoms with Gasteiger partial charge in [0.1, 0.15) is 0 Å². The number of nitrogens with one attached hydrogen (secondary N) is 2. The Morgan fingerprint density at radius 2 is 1.94 bits per heavy atom. The minimum Gasteiger partial charge on any atom is -0.383 e. The minimum absolute atomic E-state index is 0.813. The molecule has 1 fully saturated rings. The predicted molar refractivity (Wildman–Crippen MR) is 68.7 cm³/mol. The normalized spacial score (nSPS) is 25.1. The molecule has 3 heteroatoms. The van der Waals surface area contributed by atoms with Crippen molar-refractivity contribution in [3.05, 3.63) is 0 Å². The van der Waals surface area contributed by atoms with Crippen molar-refractivity contribution in [2.24, 2.45) is 11.8 Å². The topological polar surface area (TPSA) is 33.3 Å². The Morgan fingerprint density at radius 1 is 1.12 bits per heavy atom. The van der Waals surface area contributed by atoms with E-state index in [2.05, 4.69) is 17.6 Å². The first-order valence-corrected chi connectivity index (χ1v) is 6.75. The van der Waals surface area contributed by atoms with Crippen LogP contribution in [0.3, 0.4) is 0 Å². The van der Waals surface area contributed by atoms with Gasteiger partial charge in [0.25, 0.3) is 0 Å². The van der Waals surface area contributed by atoms with Crippen LogP contribution < -0.4 is 10.6 Å². The molecule has 0 saturated heterocycles. The summed E-state index contributed by atoms with van der Waals surface area (Å²) in [6.07, 6.45) is 5.52. The third-order valence-corrected chi connectivity index (χ3v) is 3.64. The Kier molecular flexibility index (Phi) is 7.81. The van der Waals surface area contributed by atoms with Crippen LogP contribution in [-0.2, 0) is 4.74 Å². The van der Waals surface area contributed by atoms with Gasteiger partial charge in [-0.3, -0.25) is 0 Å². The molecule has 0 heterocycles. The quantitative estimate of drug-likeness (QED) is 0.589. The van der Waals surface area contributed by atoms with Crippen LogP contribution in [-0.4, -0.2) is 39.9 Å². The number of ether oxygens (including phenoxy) is 1. The lowest BCUT2D eigenvalue weighted by Crippen LogP contribution is -2.28. The number of hydrogen-bond acceptors (Lipinski definition) is 3. The highest BCUT2D eigenvalue weighted by Crippen LogP contribution is 2.30. The van der Waals surface area contributed by atoms with E-state index < -0.39 is 0 Å². The van der Waals surface area contributed by atoms with Crippen molar-refractivity contribution in [3.63, 3.8) is 0 Å². The summed E-state index contributed by atoms with van der Waals surface area (Å²) in [6.45, 7) is 7.63. The Balaban J connectivity index is 1.81. The van der Waals surface area contributed by atoms with Crippen molar-refractivity contribution in [1.82, 2.24) is 10.6 Å². The maximum atomic E-state index is 4.97. The summed E-state index contributed by atoms with van der Waals surface area (Å²) in [7, 11) is 1.74. The van der Waals surface area contributed by atoms with Gasteiger partial charge in [0, 0.05) is 13.7 Å². The fourth-order valence-corrected chi connectivity index (χ4v) is 2.45. The Labute approximate surface area is 100 Å². The van der Waals surface area contributed by atoms with E-state index in [-0.39, 0.29) is 0 Å². The second-order valence-corrected chi connectivity index (χ2v) is 4.97. The van der Waals surface area contributed by atoms with Crippen molar-refractivity contribution < 1.29 is 4.74 Å². The lowest BCUT2D eigenvalue weighted by Gasteiger charge is -2.15. The average molecular weight is 228 g/mol. The van der Waals surface area contributed by atoms with E-state index in [1.54, 1.807) is 7.11 Å². The molecule has 0 aromatic carbocycles. The molecule has 0 aromatic rings. The van der Waals surface area contributed by atoms with E-state index in [1.165, 1.54) is 32.2 Å². The first-order valence-electron chi connectivity index (χ1n) is 6.75. The van der Waals surface area contributed by atoms with E-state index in [4.69, 9.17) is 4.74 Å². The average Bonchev–Trinajstić information content (AvgIpc) is 2.68. The second kappa shape index (κ2) is 8.97. The molecule has 0 radical (unpaired) electrons. The van der Waals surface area contributed by atoms with Gasteiger partial charge in [-0.15, -0.1) is 0 Å². The van der Waals surface area contributed by atoms with Crippen LogP contribution in [0.4, 0.5) is 0 Å². The van der Waals surface area contributed by atoms with Crippen molar-refractivity contribution in [2.75, 3.05) is 39.9 Å². The standard InChI is InChI=1S/C13H28N2O/c1-12-5-3-6-13(12)11-15-8-4-7-14-9-10-16-2/h12-15H,3-11H2,1-2H3. The van der Waals surface area contributed by atoms with Crippen LogP contribution in [0.25, 0.3) is 0 Å². The molecule has 96 valence electrons. The van der Waals surface area contributed by atoms with Gasteiger partial charge in [-0.05, 0) is 44.3 Å². The first-order chi connectivity index (χ1) is 7.84. The number of methoxy groups -OCH3 is 1. The fourth-order valence-electron chi connectivity index (χ4n) is 2.45. The van der Waals surface area contributed by atoms with Crippen molar-refractivity contribution in [3.8, 4) is 0 Å². The van der Waals surface area contributed by atoms with Crippen LogP contribution in [0.15, 0.2) is 0 Å². The van der Waals surface area contributed by atoms with Crippen molar-refractivity contribution in [1.29, 1.82) is 0 Å². The molecule has 16 heavy (non-hydrogen) atoms. The Hall–Kier alpha value is -0.120. The van der Waals surface area contributed by atoms with Gasteiger partial charge in [0.2, 0.25) is 0 Å². The van der Waals surface area contributed by atoms with Gasteiger partial charge >= 0.3 is 0 Å². The first kappa shape index (κ1) is 13.9. The molecule has 3 nitrogen and oxygen atoms in total. The molecule has 0 spiro atoms. The predicted octanol–water partition coefficient (Wildman–Crippen LogP) is 1.64. The molecule has 2 N–H and O–H groups in total. The van der Waals surface area contributed by atoms with Gasteiger partial charge in [0.05, 0.1) is 6.61 Å². The molecule has 1 saturated carbocycles. The Morgan fingerprint density at radius 3 is 2.62 bits per heavy atom. The third-order valence-electron chi connectivity index (χ3n) is 3.64. The number of hydrogen-bond donors (Lipinski definition) is 2. The van der Waals surface area contributed by atoms with Gasteiger partial charge in [-0.2, -0.15) is 0 Å². The lowest BCUT2D eigenvalue weighted by molar-refractivity contribution is 0.199. The van der Waals surface area contributed by atoms with Gasteiger partial charge in [-0.1, -0.05) is 19.8 Å². The molecule has 2 unspecified atom stereocenters. The number of rotatable bonds is 9.